The number of rotatable bonds is 2. The number of allylic oxidation sites excluding steroid dienone is 1. The van der Waals surface area contributed by atoms with Crippen LogP contribution in [-0.4, -0.2) is 4.57 Å². The number of aromatic nitrogens is 1. The van der Waals surface area contributed by atoms with Gasteiger partial charge in [-0.15, -0.1) is 0 Å². The summed E-state index contributed by atoms with van der Waals surface area (Å²) in [6.07, 6.45) is 0. The lowest BCUT2D eigenvalue weighted by atomic mass is 9.78. The molecule has 0 fully saturated rings. The van der Waals surface area contributed by atoms with Crippen molar-refractivity contribution in [1.29, 1.82) is 0 Å². The molecule has 1 heterocycles. The van der Waals surface area contributed by atoms with Crippen LogP contribution in [0, 0.1) is 0 Å². The topological polar surface area (TPSA) is 4.93 Å². The monoisotopic (exact) mass is 509 g/mol. The maximum atomic E-state index is 2.41. The highest BCUT2D eigenvalue weighted by Gasteiger charge is 2.43. The van der Waals surface area contributed by atoms with Crippen molar-refractivity contribution in [2.75, 3.05) is 0 Å². The Labute approximate surface area is 233 Å². The zero-order valence-corrected chi connectivity index (χ0v) is 22.6. The molecule has 6 aromatic carbocycles. The quantitative estimate of drug-likeness (QED) is 0.218. The normalized spacial score (nSPS) is 14.8. The first-order valence-electron chi connectivity index (χ1n) is 14.1. The van der Waals surface area contributed by atoms with Gasteiger partial charge in [0.2, 0.25) is 0 Å². The molecule has 0 spiro atoms. The number of nitrogens with zero attached hydrogens (tertiary/aromatic N) is 1. The van der Waals surface area contributed by atoms with Gasteiger partial charge in [-0.05, 0) is 79.6 Å². The first-order valence-corrected chi connectivity index (χ1v) is 14.1. The van der Waals surface area contributed by atoms with E-state index in [0.29, 0.717) is 0 Å². The third-order valence-corrected chi connectivity index (χ3v) is 9.32. The summed E-state index contributed by atoms with van der Waals surface area (Å²) in [4.78, 5) is 0. The van der Waals surface area contributed by atoms with Crippen LogP contribution in [-0.2, 0) is 5.41 Å². The fourth-order valence-electron chi connectivity index (χ4n) is 7.65. The Balaban J connectivity index is 1.31. The summed E-state index contributed by atoms with van der Waals surface area (Å²) in [6, 6.07) is 47.1. The van der Waals surface area contributed by atoms with E-state index in [1.54, 1.807) is 0 Å². The van der Waals surface area contributed by atoms with Gasteiger partial charge < -0.3 is 4.57 Å². The van der Waals surface area contributed by atoms with Crippen molar-refractivity contribution in [1.82, 2.24) is 4.57 Å². The van der Waals surface area contributed by atoms with E-state index in [4.69, 9.17) is 0 Å². The zero-order valence-electron chi connectivity index (χ0n) is 22.6. The molecule has 1 aromatic heterocycles. The van der Waals surface area contributed by atoms with Crippen LogP contribution in [0.2, 0.25) is 0 Å². The predicted molar refractivity (Wildman–Crippen MR) is 169 cm³/mol. The fourth-order valence-corrected chi connectivity index (χ4v) is 7.65. The zero-order chi connectivity index (χ0) is 26.6. The van der Waals surface area contributed by atoms with E-state index < -0.39 is 0 Å². The summed E-state index contributed by atoms with van der Waals surface area (Å²) in [6.45, 7) is 4.77. The van der Waals surface area contributed by atoms with Crippen molar-refractivity contribution in [3.63, 3.8) is 0 Å². The van der Waals surface area contributed by atoms with E-state index in [1.165, 1.54) is 82.8 Å². The maximum Gasteiger partial charge on any atom is 0.0547 e. The molecule has 0 aliphatic heterocycles. The molecule has 0 bridgehead atoms. The van der Waals surface area contributed by atoms with E-state index in [1.807, 2.05) is 0 Å². The Bertz CT molecular complexity index is 2220. The lowest BCUT2D eigenvalue weighted by Gasteiger charge is -2.25. The second kappa shape index (κ2) is 7.61. The Morgan fingerprint density at radius 1 is 0.500 bits per heavy atom. The molecule has 0 N–H and O–H groups in total. The first kappa shape index (κ1) is 22.0. The molecule has 0 saturated heterocycles. The second-order valence-corrected chi connectivity index (χ2v) is 11.7. The van der Waals surface area contributed by atoms with Gasteiger partial charge in [0.05, 0.1) is 11.0 Å². The second-order valence-electron chi connectivity index (χ2n) is 11.7. The van der Waals surface area contributed by atoms with Crippen LogP contribution in [0.3, 0.4) is 0 Å². The SMILES string of the molecule is CC1(C)C2=C(c3ccccc31)c1cccc3c(-c4ccc5c6ccccc6n(-c6ccccc6)c5c4)ccc2c13. The highest BCUT2D eigenvalue weighted by Crippen LogP contribution is 2.59. The molecule has 0 unspecified atom stereocenters. The van der Waals surface area contributed by atoms with Gasteiger partial charge in [-0.2, -0.15) is 0 Å². The molecule has 40 heavy (non-hydrogen) atoms. The minimum absolute atomic E-state index is 0.0189. The highest BCUT2D eigenvalue weighted by molar-refractivity contribution is 6.23. The summed E-state index contributed by atoms with van der Waals surface area (Å²) in [5.41, 5.74) is 14.7. The van der Waals surface area contributed by atoms with E-state index in [9.17, 15) is 0 Å². The van der Waals surface area contributed by atoms with Gasteiger partial charge >= 0.3 is 0 Å². The smallest absolute Gasteiger partial charge is 0.0547 e. The maximum absolute atomic E-state index is 2.41. The average molecular weight is 510 g/mol. The van der Waals surface area contributed by atoms with Crippen molar-refractivity contribution in [2.45, 2.75) is 19.3 Å². The van der Waals surface area contributed by atoms with Crippen LogP contribution in [0.15, 0.2) is 127 Å². The largest absolute Gasteiger partial charge is 0.309 e. The van der Waals surface area contributed by atoms with Crippen LogP contribution in [0.4, 0.5) is 0 Å². The number of fused-ring (bicyclic) bond motifs is 7. The van der Waals surface area contributed by atoms with Crippen molar-refractivity contribution >= 4 is 43.7 Å². The Hall–Kier alpha value is -4.88. The standard InChI is InChI=1S/C39H27N/c1-39(2)33-17-8-6-14-30(33)37-31-16-10-15-29-26(21-22-32(36(29)31)38(37)39)24-19-20-28-27-13-7-9-18-34(27)40(35(28)23-24)25-11-4-3-5-12-25/h3-23H,1-2H3. The summed E-state index contributed by atoms with van der Waals surface area (Å²) in [5.74, 6) is 0. The Morgan fingerprint density at radius 3 is 2.10 bits per heavy atom. The minimum atomic E-state index is -0.0189. The van der Waals surface area contributed by atoms with E-state index in [0.717, 1.165) is 0 Å². The number of para-hydroxylation sites is 2. The number of hydrogen-bond acceptors (Lipinski definition) is 0. The van der Waals surface area contributed by atoms with Gasteiger partial charge in [0, 0.05) is 21.9 Å². The van der Waals surface area contributed by atoms with Gasteiger partial charge in [-0.25, -0.2) is 0 Å². The van der Waals surface area contributed by atoms with E-state index in [-0.39, 0.29) is 5.41 Å². The highest BCUT2D eigenvalue weighted by atomic mass is 15.0. The summed E-state index contributed by atoms with van der Waals surface area (Å²) >= 11 is 0. The molecule has 0 atom stereocenters. The van der Waals surface area contributed by atoms with Crippen LogP contribution in [0.25, 0.3) is 60.5 Å². The van der Waals surface area contributed by atoms with Crippen LogP contribution >= 0.6 is 0 Å². The lowest BCUT2D eigenvalue weighted by molar-refractivity contribution is 0.705. The molecule has 9 rings (SSSR count). The summed E-state index contributed by atoms with van der Waals surface area (Å²) in [7, 11) is 0. The molecule has 0 radical (unpaired) electrons. The van der Waals surface area contributed by atoms with Crippen molar-refractivity contribution in [2.24, 2.45) is 0 Å². The summed E-state index contributed by atoms with van der Waals surface area (Å²) < 4.78 is 2.41. The van der Waals surface area contributed by atoms with Gasteiger partial charge in [0.1, 0.15) is 0 Å². The van der Waals surface area contributed by atoms with Crippen LogP contribution in [0.1, 0.15) is 36.1 Å². The van der Waals surface area contributed by atoms with Crippen molar-refractivity contribution in [3.8, 4) is 16.8 Å². The van der Waals surface area contributed by atoms with E-state index >= 15 is 0 Å². The van der Waals surface area contributed by atoms with Crippen molar-refractivity contribution in [3.05, 3.63) is 150 Å². The Kier molecular flexibility index (Phi) is 4.18. The molecule has 0 amide bonds. The Morgan fingerprint density at radius 2 is 1.20 bits per heavy atom. The van der Waals surface area contributed by atoms with Gasteiger partial charge in [-0.3, -0.25) is 0 Å². The molecule has 0 saturated carbocycles. The van der Waals surface area contributed by atoms with Gasteiger partial charge in [0.25, 0.3) is 0 Å². The molecule has 2 aliphatic carbocycles. The molecule has 1 heteroatoms. The van der Waals surface area contributed by atoms with Crippen LogP contribution in [0.5, 0.6) is 0 Å². The molecule has 2 aliphatic rings. The molecule has 7 aromatic rings. The average Bonchev–Trinajstić information content (AvgIpc) is 3.59. The van der Waals surface area contributed by atoms with Crippen molar-refractivity contribution < 1.29 is 0 Å². The third-order valence-electron chi connectivity index (χ3n) is 9.32. The minimum Gasteiger partial charge on any atom is -0.309 e. The lowest BCUT2D eigenvalue weighted by Crippen LogP contribution is -2.16. The third kappa shape index (κ3) is 2.67. The molecular weight excluding hydrogens is 482 g/mol. The number of benzene rings is 6. The van der Waals surface area contributed by atoms with E-state index in [2.05, 4.69) is 146 Å². The predicted octanol–water partition coefficient (Wildman–Crippen LogP) is 10.2. The fraction of sp³-hybridized carbons (Fsp3) is 0.0769. The molecule has 188 valence electrons. The first-order chi connectivity index (χ1) is 19.6. The summed E-state index contributed by atoms with van der Waals surface area (Å²) in [5, 5.41) is 5.30. The van der Waals surface area contributed by atoms with Crippen LogP contribution < -0.4 is 0 Å². The van der Waals surface area contributed by atoms with Gasteiger partial charge in [0.15, 0.2) is 0 Å². The molecular formula is C39H27N. The molecule has 1 nitrogen and oxygen atoms in total. The number of hydrogen-bond donors (Lipinski definition) is 0. The van der Waals surface area contributed by atoms with Gasteiger partial charge in [-0.1, -0.05) is 117 Å².